The third-order valence-corrected chi connectivity index (χ3v) is 4.45. The second kappa shape index (κ2) is 6.48. The normalized spacial score (nSPS) is 26.0. The van der Waals surface area contributed by atoms with Crippen LogP contribution in [0.25, 0.3) is 0 Å². The van der Waals surface area contributed by atoms with E-state index in [1.165, 1.54) is 12.4 Å². The molecule has 2 saturated heterocycles. The molecule has 4 rings (SSSR count). The zero-order chi connectivity index (χ0) is 16.4. The van der Waals surface area contributed by atoms with Crippen LogP contribution in [0.5, 0.6) is 0 Å². The Labute approximate surface area is 139 Å². The summed E-state index contributed by atoms with van der Waals surface area (Å²) in [6.45, 7) is 1.33. The van der Waals surface area contributed by atoms with Crippen LogP contribution in [0.4, 0.5) is 5.95 Å². The molecule has 0 unspecified atom stereocenters. The first-order valence-corrected chi connectivity index (χ1v) is 8.05. The molecule has 2 aliphatic rings. The van der Waals surface area contributed by atoms with Crippen LogP contribution >= 0.6 is 0 Å². The second-order valence-corrected chi connectivity index (χ2v) is 5.92. The minimum atomic E-state index is -0.239. The first kappa shape index (κ1) is 14.9. The van der Waals surface area contributed by atoms with Gasteiger partial charge in [-0.05, 0) is 18.9 Å². The van der Waals surface area contributed by atoms with Crippen molar-refractivity contribution in [2.75, 3.05) is 18.1 Å². The lowest BCUT2D eigenvalue weighted by molar-refractivity contribution is 0.000590. The lowest BCUT2D eigenvalue weighted by atomic mass is 10.0. The molecular formula is C16H18N6O2. The SMILES string of the molecule is O=C(N[C@@H]1CN(c2ncccn2)[C@H]2CCCO[C@@H]12)c1cnccn1. The monoisotopic (exact) mass is 326 g/mol. The van der Waals surface area contributed by atoms with E-state index in [-0.39, 0.29) is 24.1 Å². The summed E-state index contributed by atoms with van der Waals surface area (Å²) >= 11 is 0. The van der Waals surface area contributed by atoms with Crippen molar-refractivity contribution in [3.8, 4) is 0 Å². The van der Waals surface area contributed by atoms with Gasteiger partial charge in [-0.1, -0.05) is 0 Å². The van der Waals surface area contributed by atoms with Crippen molar-refractivity contribution in [1.29, 1.82) is 0 Å². The molecule has 0 aromatic carbocycles. The van der Waals surface area contributed by atoms with E-state index in [1.807, 2.05) is 0 Å². The Kier molecular flexibility index (Phi) is 4.04. The van der Waals surface area contributed by atoms with Crippen molar-refractivity contribution in [1.82, 2.24) is 25.3 Å². The molecule has 4 heterocycles. The van der Waals surface area contributed by atoms with Crippen molar-refractivity contribution in [2.45, 2.75) is 31.0 Å². The highest BCUT2D eigenvalue weighted by molar-refractivity contribution is 5.92. The van der Waals surface area contributed by atoms with Gasteiger partial charge in [-0.25, -0.2) is 15.0 Å². The van der Waals surface area contributed by atoms with Crippen LogP contribution < -0.4 is 10.2 Å². The van der Waals surface area contributed by atoms with Gasteiger partial charge in [0.25, 0.3) is 5.91 Å². The first-order chi connectivity index (χ1) is 11.8. The van der Waals surface area contributed by atoms with E-state index in [4.69, 9.17) is 4.74 Å². The average Bonchev–Trinajstić information content (AvgIpc) is 3.02. The molecule has 0 bridgehead atoms. The fourth-order valence-corrected chi connectivity index (χ4v) is 3.41. The van der Waals surface area contributed by atoms with Crippen LogP contribution in [-0.2, 0) is 4.74 Å². The number of nitrogens with one attached hydrogen (secondary N) is 1. The molecule has 2 aliphatic heterocycles. The molecule has 2 aromatic heterocycles. The maximum absolute atomic E-state index is 12.4. The van der Waals surface area contributed by atoms with Gasteiger partial charge in [0, 0.05) is 37.9 Å². The number of amides is 1. The minimum absolute atomic E-state index is 0.0665. The van der Waals surface area contributed by atoms with Gasteiger partial charge in [0.2, 0.25) is 5.95 Å². The zero-order valence-electron chi connectivity index (χ0n) is 13.1. The Hall–Kier alpha value is -2.61. The number of carbonyl (C=O) groups is 1. The van der Waals surface area contributed by atoms with Crippen LogP contribution in [0.1, 0.15) is 23.3 Å². The third-order valence-electron chi connectivity index (χ3n) is 4.45. The third kappa shape index (κ3) is 2.80. The number of hydrogen-bond donors (Lipinski definition) is 1. The fourth-order valence-electron chi connectivity index (χ4n) is 3.41. The summed E-state index contributed by atoms with van der Waals surface area (Å²) in [4.78, 5) is 31.2. The van der Waals surface area contributed by atoms with E-state index >= 15 is 0 Å². The number of carbonyl (C=O) groups excluding carboxylic acids is 1. The smallest absolute Gasteiger partial charge is 0.271 e. The average molecular weight is 326 g/mol. The van der Waals surface area contributed by atoms with Gasteiger partial charge < -0.3 is 15.0 Å². The van der Waals surface area contributed by atoms with Gasteiger partial charge in [-0.3, -0.25) is 9.78 Å². The maximum Gasteiger partial charge on any atom is 0.271 e. The van der Waals surface area contributed by atoms with Gasteiger partial charge in [0.1, 0.15) is 5.69 Å². The highest BCUT2D eigenvalue weighted by atomic mass is 16.5. The quantitative estimate of drug-likeness (QED) is 0.874. The largest absolute Gasteiger partial charge is 0.374 e. The summed E-state index contributed by atoms with van der Waals surface area (Å²) in [5, 5.41) is 3.03. The molecule has 0 spiro atoms. The molecule has 0 saturated carbocycles. The molecule has 24 heavy (non-hydrogen) atoms. The number of nitrogens with zero attached hydrogens (tertiary/aromatic N) is 5. The van der Waals surface area contributed by atoms with E-state index < -0.39 is 0 Å². The second-order valence-electron chi connectivity index (χ2n) is 5.92. The van der Waals surface area contributed by atoms with Crippen LogP contribution in [-0.4, -0.2) is 57.2 Å². The number of anilines is 1. The van der Waals surface area contributed by atoms with E-state index in [9.17, 15) is 4.79 Å². The molecule has 3 atom stereocenters. The molecule has 1 N–H and O–H groups in total. The highest BCUT2D eigenvalue weighted by Crippen LogP contribution is 2.31. The topological polar surface area (TPSA) is 93.1 Å². The van der Waals surface area contributed by atoms with Gasteiger partial charge in [-0.15, -0.1) is 0 Å². The van der Waals surface area contributed by atoms with Crippen LogP contribution in [0, 0.1) is 0 Å². The molecule has 124 valence electrons. The van der Waals surface area contributed by atoms with E-state index in [1.54, 1.807) is 24.7 Å². The van der Waals surface area contributed by atoms with Crippen molar-refractivity contribution in [3.63, 3.8) is 0 Å². The van der Waals surface area contributed by atoms with Gasteiger partial charge in [0.05, 0.1) is 24.4 Å². The first-order valence-electron chi connectivity index (χ1n) is 8.05. The van der Waals surface area contributed by atoms with E-state index in [0.717, 1.165) is 12.8 Å². The van der Waals surface area contributed by atoms with Gasteiger partial charge in [0.15, 0.2) is 0 Å². The van der Waals surface area contributed by atoms with Crippen molar-refractivity contribution in [3.05, 3.63) is 42.7 Å². The maximum atomic E-state index is 12.4. The summed E-state index contributed by atoms with van der Waals surface area (Å²) in [6.07, 6.45) is 9.90. The molecule has 2 aromatic rings. The minimum Gasteiger partial charge on any atom is -0.374 e. The Morgan fingerprint density at radius 1 is 1.21 bits per heavy atom. The Morgan fingerprint density at radius 3 is 2.88 bits per heavy atom. The molecule has 8 nitrogen and oxygen atoms in total. The van der Waals surface area contributed by atoms with Crippen LogP contribution in [0.3, 0.4) is 0 Å². The van der Waals surface area contributed by atoms with E-state index in [0.29, 0.717) is 24.8 Å². The van der Waals surface area contributed by atoms with Crippen molar-refractivity contribution < 1.29 is 9.53 Å². The predicted molar refractivity (Wildman–Crippen MR) is 85.4 cm³/mol. The van der Waals surface area contributed by atoms with Crippen LogP contribution in [0.15, 0.2) is 37.1 Å². The molecule has 1 amide bonds. The fraction of sp³-hybridized carbons (Fsp3) is 0.438. The number of aromatic nitrogens is 4. The molecule has 8 heteroatoms. The molecule has 0 radical (unpaired) electrons. The predicted octanol–water partition coefficient (Wildman–Crippen LogP) is 0.433. The summed E-state index contributed by atoms with van der Waals surface area (Å²) in [5.74, 6) is 0.436. The molecule has 0 aliphatic carbocycles. The van der Waals surface area contributed by atoms with Gasteiger partial charge >= 0.3 is 0 Å². The summed E-state index contributed by atoms with van der Waals surface area (Å²) in [5.41, 5.74) is 0.305. The standard InChI is InChI=1S/C16H18N6O2/c23-15(11-9-17-6-7-18-11)21-12-10-22(16-19-4-2-5-20-16)13-3-1-8-24-14(12)13/h2,4-7,9,12-14H,1,3,8,10H2,(H,21,23)/t12-,13+,14+/m1/s1. The highest BCUT2D eigenvalue weighted by Gasteiger charge is 2.45. The Bertz CT molecular complexity index is 698. The summed E-state index contributed by atoms with van der Waals surface area (Å²) in [6, 6.07) is 1.84. The van der Waals surface area contributed by atoms with Crippen LogP contribution in [0.2, 0.25) is 0 Å². The molecule has 2 fully saturated rings. The lowest BCUT2D eigenvalue weighted by Gasteiger charge is -2.32. The summed E-state index contributed by atoms with van der Waals surface area (Å²) < 4.78 is 5.96. The number of rotatable bonds is 3. The Morgan fingerprint density at radius 2 is 2.08 bits per heavy atom. The number of hydrogen-bond acceptors (Lipinski definition) is 7. The van der Waals surface area contributed by atoms with E-state index in [2.05, 4.69) is 30.2 Å². The zero-order valence-corrected chi connectivity index (χ0v) is 13.1. The van der Waals surface area contributed by atoms with Gasteiger partial charge in [-0.2, -0.15) is 0 Å². The molecular weight excluding hydrogens is 308 g/mol. The van der Waals surface area contributed by atoms with Crippen molar-refractivity contribution in [2.24, 2.45) is 0 Å². The van der Waals surface area contributed by atoms with Crippen molar-refractivity contribution >= 4 is 11.9 Å². The lowest BCUT2D eigenvalue weighted by Crippen LogP contribution is -2.47. The summed E-state index contributed by atoms with van der Waals surface area (Å²) in [7, 11) is 0. The number of fused-ring (bicyclic) bond motifs is 1. The number of ether oxygens (including phenoxy) is 1. The Balaban J connectivity index is 1.54.